The van der Waals surface area contributed by atoms with Crippen LogP contribution in [0.4, 0.5) is 0 Å². The lowest BCUT2D eigenvalue weighted by Crippen LogP contribution is -2.06. The Balaban J connectivity index is 3.12. The van der Waals surface area contributed by atoms with Crippen molar-refractivity contribution in [3.8, 4) is 5.88 Å². The summed E-state index contributed by atoms with van der Waals surface area (Å²) < 4.78 is 1.47. The molecule has 2 aromatic heterocycles. The van der Waals surface area contributed by atoms with Gasteiger partial charge in [-0.25, -0.2) is 14.4 Å². The highest BCUT2D eigenvalue weighted by Crippen LogP contribution is 2.06. The van der Waals surface area contributed by atoms with Gasteiger partial charge in [-0.1, -0.05) is 6.58 Å². The Morgan fingerprint density at radius 3 is 2.90 bits per heavy atom. The van der Waals surface area contributed by atoms with Crippen LogP contribution in [-0.4, -0.2) is 19.5 Å². The monoisotopic (exact) mass is 135 g/mol. The predicted octanol–water partition coefficient (Wildman–Crippen LogP) is -0.436. The molecular formula is C6H5N3O. The average molecular weight is 135 g/mol. The van der Waals surface area contributed by atoms with Crippen LogP contribution in [0.25, 0.3) is 12.2 Å². The molecule has 2 aromatic rings. The largest absolute Gasteiger partial charge is 0.493 e. The maximum atomic E-state index is 9.10. The summed E-state index contributed by atoms with van der Waals surface area (Å²) in [4.78, 5) is 7.70. The molecule has 0 aliphatic heterocycles. The minimum atomic E-state index is 0.0810. The van der Waals surface area contributed by atoms with Crippen molar-refractivity contribution in [2.45, 2.75) is 0 Å². The fraction of sp³-hybridized carbons (Fsp3) is 0. The maximum Gasteiger partial charge on any atom is 0.217 e. The first-order valence-corrected chi connectivity index (χ1v) is 2.79. The molecule has 0 saturated heterocycles. The van der Waals surface area contributed by atoms with Gasteiger partial charge in [-0.2, -0.15) is 0 Å². The molecule has 0 atom stereocenters. The van der Waals surface area contributed by atoms with Crippen molar-refractivity contribution in [2.75, 3.05) is 0 Å². The van der Waals surface area contributed by atoms with Crippen molar-refractivity contribution in [1.82, 2.24) is 14.4 Å². The number of hydrogen-bond acceptors (Lipinski definition) is 3. The van der Waals surface area contributed by atoms with Gasteiger partial charge < -0.3 is 5.11 Å². The minimum Gasteiger partial charge on any atom is -0.493 e. The third-order valence-corrected chi connectivity index (χ3v) is 1.36. The molecule has 4 heteroatoms. The van der Waals surface area contributed by atoms with Crippen LogP contribution < -0.4 is 5.48 Å². The second kappa shape index (κ2) is 1.47. The van der Waals surface area contributed by atoms with E-state index in [-0.39, 0.29) is 5.88 Å². The molecule has 10 heavy (non-hydrogen) atoms. The Morgan fingerprint density at radius 2 is 2.20 bits per heavy atom. The summed E-state index contributed by atoms with van der Waals surface area (Å²) >= 11 is 0. The van der Waals surface area contributed by atoms with Crippen molar-refractivity contribution < 1.29 is 5.11 Å². The van der Waals surface area contributed by atoms with E-state index < -0.39 is 0 Å². The molecule has 0 amide bonds. The fourth-order valence-corrected chi connectivity index (χ4v) is 0.902. The zero-order valence-electron chi connectivity index (χ0n) is 5.15. The Bertz CT molecular complexity index is 406. The Kier molecular flexibility index (Phi) is 0.768. The standard InChI is InChI=1S/C6H5N3O/c1-4-7-2-5-8-3-6(10)9(4)5/h2-3,10H,1H2. The van der Waals surface area contributed by atoms with Gasteiger partial charge in [-0.15, -0.1) is 0 Å². The lowest BCUT2D eigenvalue weighted by molar-refractivity contribution is 0.446. The van der Waals surface area contributed by atoms with E-state index in [4.69, 9.17) is 5.11 Å². The van der Waals surface area contributed by atoms with Crippen LogP contribution in [0.1, 0.15) is 0 Å². The van der Waals surface area contributed by atoms with Crippen LogP contribution in [0.15, 0.2) is 12.4 Å². The molecule has 0 spiro atoms. The molecule has 0 fully saturated rings. The first-order valence-electron chi connectivity index (χ1n) is 2.79. The highest BCUT2D eigenvalue weighted by atomic mass is 16.3. The van der Waals surface area contributed by atoms with Crippen LogP contribution in [0.3, 0.4) is 0 Å². The van der Waals surface area contributed by atoms with E-state index in [0.29, 0.717) is 11.1 Å². The Morgan fingerprint density at radius 1 is 1.40 bits per heavy atom. The molecule has 0 radical (unpaired) electrons. The van der Waals surface area contributed by atoms with E-state index in [1.165, 1.54) is 10.6 Å². The van der Waals surface area contributed by atoms with Gasteiger partial charge in [-0.05, 0) is 0 Å². The van der Waals surface area contributed by atoms with E-state index >= 15 is 0 Å². The van der Waals surface area contributed by atoms with Gasteiger partial charge in [0.05, 0.1) is 12.4 Å². The predicted molar refractivity (Wildman–Crippen MR) is 35.4 cm³/mol. The second-order valence-corrected chi connectivity index (χ2v) is 1.98. The minimum absolute atomic E-state index is 0.0810. The molecule has 50 valence electrons. The zero-order chi connectivity index (χ0) is 7.14. The van der Waals surface area contributed by atoms with Gasteiger partial charge in [0, 0.05) is 0 Å². The van der Waals surface area contributed by atoms with Crippen molar-refractivity contribution in [2.24, 2.45) is 0 Å². The van der Waals surface area contributed by atoms with E-state index in [9.17, 15) is 0 Å². The molecule has 0 aliphatic rings. The van der Waals surface area contributed by atoms with Crippen molar-refractivity contribution >= 4 is 12.2 Å². The van der Waals surface area contributed by atoms with Gasteiger partial charge in [0.25, 0.3) is 0 Å². The van der Waals surface area contributed by atoms with Crippen LogP contribution in [0, 0.1) is 0 Å². The maximum absolute atomic E-state index is 9.10. The molecule has 0 aromatic carbocycles. The number of rotatable bonds is 0. The van der Waals surface area contributed by atoms with Crippen molar-refractivity contribution in [3.05, 3.63) is 17.9 Å². The Labute approximate surface area is 56.4 Å². The summed E-state index contributed by atoms with van der Waals surface area (Å²) in [6, 6.07) is 0. The molecule has 0 aliphatic carbocycles. The van der Waals surface area contributed by atoms with Gasteiger partial charge in [0.2, 0.25) is 5.88 Å². The lowest BCUT2D eigenvalue weighted by Gasteiger charge is -1.82. The van der Waals surface area contributed by atoms with E-state index in [0.717, 1.165) is 0 Å². The van der Waals surface area contributed by atoms with E-state index in [1.807, 2.05) is 0 Å². The molecule has 2 rings (SSSR count). The average Bonchev–Trinajstić information content (AvgIpc) is 2.40. The first kappa shape index (κ1) is 5.22. The third kappa shape index (κ3) is 0.452. The summed E-state index contributed by atoms with van der Waals surface area (Å²) in [7, 11) is 0. The first-order chi connectivity index (χ1) is 4.79. The number of imidazole rings is 2. The quantitative estimate of drug-likeness (QED) is 0.533. The summed E-state index contributed by atoms with van der Waals surface area (Å²) in [6.45, 7) is 3.59. The zero-order valence-corrected chi connectivity index (χ0v) is 5.15. The van der Waals surface area contributed by atoms with Crippen molar-refractivity contribution in [3.63, 3.8) is 0 Å². The number of aromatic hydroxyl groups is 1. The number of nitrogens with zero attached hydrogens (tertiary/aromatic N) is 3. The number of hydrogen-bond donors (Lipinski definition) is 1. The van der Waals surface area contributed by atoms with E-state index in [1.54, 1.807) is 6.20 Å². The molecule has 2 heterocycles. The number of fused-ring (bicyclic) bond motifs is 1. The number of aromatic nitrogens is 3. The highest BCUT2D eigenvalue weighted by Gasteiger charge is 2.01. The summed E-state index contributed by atoms with van der Waals surface area (Å²) in [5.74, 6) is 0.0810. The van der Waals surface area contributed by atoms with Crippen molar-refractivity contribution in [1.29, 1.82) is 0 Å². The van der Waals surface area contributed by atoms with Crippen LogP contribution in [0.5, 0.6) is 5.88 Å². The van der Waals surface area contributed by atoms with Gasteiger partial charge in [0.1, 0.15) is 5.48 Å². The SMILES string of the molecule is C=c1ncc2ncc(O)n12. The normalized spacial score (nSPS) is 10.8. The fourth-order valence-electron chi connectivity index (χ4n) is 0.902. The molecule has 1 N–H and O–H groups in total. The summed E-state index contributed by atoms with van der Waals surface area (Å²) in [6.07, 6.45) is 2.92. The Hall–Kier alpha value is -1.58. The molecule has 0 saturated carbocycles. The van der Waals surface area contributed by atoms with Gasteiger partial charge in [-0.3, -0.25) is 0 Å². The molecule has 0 bridgehead atoms. The highest BCUT2D eigenvalue weighted by molar-refractivity contribution is 5.39. The van der Waals surface area contributed by atoms with Crippen LogP contribution in [0.2, 0.25) is 0 Å². The third-order valence-electron chi connectivity index (χ3n) is 1.36. The lowest BCUT2D eigenvalue weighted by atomic mass is 10.8. The van der Waals surface area contributed by atoms with Gasteiger partial charge in [0.15, 0.2) is 5.65 Å². The molecule has 4 nitrogen and oxygen atoms in total. The molecule has 0 unspecified atom stereocenters. The van der Waals surface area contributed by atoms with Crippen LogP contribution >= 0.6 is 0 Å². The summed E-state index contributed by atoms with van der Waals surface area (Å²) in [5.41, 5.74) is 1.13. The second-order valence-electron chi connectivity index (χ2n) is 1.98. The summed E-state index contributed by atoms with van der Waals surface area (Å²) in [5, 5.41) is 9.10. The van der Waals surface area contributed by atoms with E-state index in [2.05, 4.69) is 16.5 Å². The molecular weight excluding hydrogens is 130 g/mol. The topological polar surface area (TPSA) is 50.4 Å². The smallest absolute Gasteiger partial charge is 0.217 e. The van der Waals surface area contributed by atoms with Crippen LogP contribution in [-0.2, 0) is 0 Å². The van der Waals surface area contributed by atoms with Gasteiger partial charge >= 0.3 is 0 Å².